The molecule has 0 heterocycles. The molecule has 49 heavy (non-hydrogen) atoms. The number of amides is 1. The van der Waals surface area contributed by atoms with Crippen LogP contribution in [0.1, 0.15) is 80.7 Å². The molecule has 0 aliphatic rings. The minimum absolute atomic E-state index is 0.0433. The standard InChI is InChI=1S/C31H51NO15P2/c1-28(2,3)24(33)42-20-45-48(38,39)31(37,17-14-18-32(10)27(36)41-19-23-15-12-11-13-16-23)49(40,46-21-43-25(34)29(4,5)6)47-22-44-26(35)30(7,8)9/h11-13,15-16,37H,14,17-22H2,1-10H3,(H,38,39). The molecule has 0 aromatic heterocycles. The summed E-state index contributed by atoms with van der Waals surface area (Å²) in [4.78, 5) is 61.7. The Morgan fingerprint density at radius 2 is 1.10 bits per heavy atom. The number of aliphatic hydroxyl groups is 1. The summed E-state index contributed by atoms with van der Waals surface area (Å²) < 4.78 is 63.6. The first kappa shape index (κ1) is 44.2. The number of ether oxygens (including phenoxy) is 4. The van der Waals surface area contributed by atoms with E-state index in [1.807, 2.05) is 0 Å². The maximum absolute atomic E-state index is 14.4. The van der Waals surface area contributed by atoms with Crippen LogP contribution in [0.5, 0.6) is 0 Å². The van der Waals surface area contributed by atoms with Crippen molar-refractivity contribution in [2.75, 3.05) is 34.0 Å². The van der Waals surface area contributed by atoms with Crippen molar-refractivity contribution in [2.24, 2.45) is 16.2 Å². The van der Waals surface area contributed by atoms with E-state index in [0.717, 1.165) is 10.5 Å². The molecule has 0 spiro atoms. The summed E-state index contributed by atoms with van der Waals surface area (Å²) in [6.45, 7) is 9.97. The molecule has 0 aliphatic carbocycles. The van der Waals surface area contributed by atoms with Gasteiger partial charge in [0.15, 0.2) is 0 Å². The van der Waals surface area contributed by atoms with Gasteiger partial charge in [0.2, 0.25) is 20.4 Å². The minimum Gasteiger partial charge on any atom is -0.445 e. The Balaban J connectivity index is 3.37. The van der Waals surface area contributed by atoms with Gasteiger partial charge in [-0.2, -0.15) is 0 Å². The predicted octanol–water partition coefficient (Wildman–Crippen LogP) is 5.75. The van der Waals surface area contributed by atoms with Crippen molar-refractivity contribution < 1.29 is 70.8 Å². The van der Waals surface area contributed by atoms with Crippen molar-refractivity contribution in [1.29, 1.82) is 0 Å². The molecule has 2 atom stereocenters. The highest BCUT2D eigenvalue weighted by atomic mass is 31.2. The van der Waals surface area contributed by atoms with Crippen LogP contribution in [0.3, 0.4) is 0 Å². The zero-order valence-corrected chi connectivity index (χ0v) is 31.7. The van der Waals surface area contributed by atoms with E-state index in [9.17, 15) is 38.3 Å². The Bertz CT molecular complexity index is 1330. The van der Waals surface area contributed by atoms with E-state index >= 15 is 0 Å². The Morgan fingerprint density at radius 1 is 0.694 bits per heavy atom. The van der Waals surface area contributed by atoms with Gasteiger partial charge in [0.25, 0.3) is 5.08 Å². The van der Waals surface area contributed by atoms with Crippen molar-refractivity contribution in [1.82, 2.24) is 4.90 Å². The van der Waals surface area contributed by atoms with Gasteiger partial charge in [-0.05, 0) is 74.3 Å². The smallest absolute Gasteiger partial charge is 0.409 e. The summed E-state index contributed by atoms with van der Waals surface area (Å²) in [5, 5.41) is 8.38. The summed E-state index contributed by atoms with van der Waals surface area (Å²) in [6, 6.07) is 8.83. The molecule has 2 N–H and O–H groups in total. The largest absolute Gasteiger partial charge is 0.445 e. The molecule has 1 aromatic carbocycles. The van der Waals surface area contributed by atoms with E-state index in [0.29, 0.717) is 0 Å². The molecule has 0 bridgehead atoms. The number of carbonyl (C=O) groups is 4. The van der Waals surface area contributed by atoms with Crippen molar-refractivity contribution in [3.8, 4) is 0 Å². The van der Waals surface area contributed by atoms with Crippen LogP contribution in [0.15, 0.2) is 30.3 Å². The molecular formula is C31H51NO15P2. The molecule has 0 radical (unpaired) electrons. The lowest BCUT2D eigenvalue weighted by molar-refractivity contribution is -0.162. The van der Waals surface area contributed by atoms with Crippen LogP contribution in [-0.4, -0.2) is 78.0 Å². The normalized spacial score (nSPS) is 14.9. The summed E-state index contributed by atoms with van der Waals surface area (Å²) >= 11 is 0. The quantitative estimate of drug-likeness (QED) is 0.0843. The molecule has 0 saturated carbocycles. The van der Waals surface area contributed by atoms with E-state index < -0.39 is 87.3 Å². The molecule has 18 heteroatoms. The Labute approximate surface area is 287 Å². The van der Waals surface area contributed by atoms with E-state index in [4.69, 9.17) is 32.5 Å². The Kier molecular flexibility index (Phi) is 16.1. The minimum atomic E-state index is -5.62. The lowest BCUT2D eigenvalue weighted by Gasteiger charge is -2.36. The number of nitrogens with zero attached hydrogens (tertiary/aromatic N) is 1. The van der Waals surface area contributed by atoms with Crippen LogP contribution >= 0.6 is 15.2 Å². The van der Waals surface area contributed by atoms with Crippen molar-refractivity contribution in [3.63, 3.8) is 0 Å². The predicted molar refractivity (Wildman–Crippen MR) is 175 cm³/mol. The average molecular weight is 740 g/mol. The van der Waals surface area contributed by atoms with Gasteiger partial charge in [-0.3, -0.25) is 37.1 Å². The van der Waals surface area contributed by atoms with Gasteiger partial charge >= 0.3 is 39.2 Å². The SMILES string of the molecule is CN(CCCC(O)(P(=O)(O)OCOC(=O)C(C)(C)C)P(=O)(OCOC(=O)C(C)(C)C)OCOC(=O)C(C)(C)C)C(=O)OCc1ccccc1. The third-order valence-electron chi connectivity index (χ3n) is 6.49. The first-order valence-corrected chi connectivity index (χ1v) is 18.4. The molecule has 0 fully saturated rings. The summed E-state index contributed by atoms with van der Waals surface area (Å²) in [6.07, 6.45) is -2.01. The molecule has 1 aromatic rings. The van der Waals surface area contributed by atoms with Crippen molar-refractivity contribution in [3.05, 3.63) is 35.9 Å². The van der Waals surface area contributed by atoms with E-state index in [-0.39, 0.29) is 19.6 Å². The number of rotatable bonds is 17. The van der Waals surface area contributed by atoms with Crippen LogP contribution in [0.2, 0.25) is 0 Å². The maximum Gasteiger partial charge on any atom is 0.409 e. The average Bonchev–Trinajstić information content (AvgIpc) is 2.98. The monoisotopic (exact) mass is 739 g/mol. The van der Waals surface area contributed by atoms with Crippen LogP contribution in [0.4, 0.5) is 4.79 Å². The van der Waals surface area contributed by atoms with Gasteiger partial charge in [0.05, 0.1) is 16.2 Å². The fourth-order valence-electron chi connectivity index (χ4n) is 3.35. The molecule has 1 rings (SSSR count). The van der Waals surface area contributed by atoms with Gasteiger partial charge in [0, 0.05) is 20.0 Å². The van der Waals surface area contributed by atoms with Gasteiger partial charge in [-0.1, -0.05) is 30.3 Å². The zero-order valence-electron chi connectivity index (χ0n) is 29.9. The van der Waals surface area contributed by atoms with E-state index in [1.54, 1.807) is 30.3 Å². The fourth-order valence-corrected chi connectivity index (χ4v) is 7.26. The first-order valence-electron chi connectivity index (χ1n) is 15.3. The lowest BCUT2D eigenvalue weighted by Crippen LogP contribution is -2.36. The second-order valence-electron chi connectivity index (χ2n) is 14.1. The number of carbonyl (C=O) groups excluding carboxylic acids is 4. The second kappa shape index (κ2) is 17.9. The number of esters is 3. The summed E-state index contributed by atoms with van der Waals surface area (Å²) in [5.74, 6) is -2.48. The van der Waals surface area contributed by atoms with Gasteiger partial charge < -0.3 is 33.8 Å². The lowest BCUT2D eigenvalue weighted by atomic mass is 9.98. The first-order chi connectivity index (χ1) is 22.3. The summed E-state index contributed by atoms with van der Waals surface area (Å²) in [7, 11) is -9.69. The van der Waals surface area contributed by atoms with Gasteiger partial charge in [-0.15, -0.1) is 0 Å². The number of hydrogen-bond donors (Lipinski definition) is 2. The molecule has 1 amide bonds. The highest BCUT2D eigenvalue weighted by Gasteiger charge is 2.64. The van der Waals surface area contributed by atoms with Gasteiger partial charge in [0.1, 0.15) is 6.61 Å². The van der Waals surface area contributed by atoms with Crippen LogP contribution in [0, 0.1) is 16.2 Å². The number of hydrogen-bond acceptors (Lipinski definition) is 14. The molecule has 0 saturated heterocycles. The molecule has 0 aliphatic heterocycles. The van der Waals surface area contributed by atoms with Crippen LogP contribution in [0.25, 0.3) is 0 Å². The Hall–Kier alpha value is -2.84. The summed E-state index contributed by atoms with van der Waals surface area (Å²) in [5.41, 5.74) is -2.40. The maximum atomic E-state index is 14.4. The number of benzene rings is 1. The zero-order chi connectivity index (χ0) is 37.9. The highest BCUT2D eigenvalue weighted by Crippen LogP contribution is 2.76. The van der Waals surface area contributed by atoms with Crippen LogP contribution in [-0.2, 0) is 62.6 Å². The third kappa shape index (κ3) is 13.8. The molecule has 2 unspecified atom stereocenters. The van der Waals surface area contributed by atoms with Gasteiger partial charge in [-0.25, -0.2) is 4.79 Å². The topological polar surface area (TPSA) is 211 Å². The third-order valence-corrected chi connectivity index (χ3v) is 11.6. The Morgan fingerprint density at radius 3 is 1.51 bits per heavy atom. The fraction of sp³-hybridized carbons (Fsp3) is 0.677. The van der Waals surface area contributed by atoms with Crippen molar-refractivity contribution in [2.45, 2.75) is 86.8 Å². The highest BCUT2D eigenvalue weighted by molar-refractivity contribution is 7.73. The molecule has 16 nitrogen and oxygen atoms in total. The second-order valence-corrected chi connectivity index (χ2v) is 18.8. The van der Waals surface area contributed by atoms with E-state index in [2.05, 4.69) is 0 Å². The van der Waals surface area contributed by atoms with Crippen molar-refractivity contribution >= 4 is 39.2 Å². The van der Waals surface area contributed by atoms with E-state index in [1.165, 1.54) is 69.4 Å². The van der Waals surface area contributed by atoms with Crippen LogP contribution < -0.4 is 0 Å². The molecule has 280 valence electrons. The molecular weight excluding hydrogens is 688 g/mol.